The highest BCUT2D eigenvalue weighted by molar-refractivity contribution is 7.99. The van der Waals surface area contributed by atoms with Crippen molar-refractivity contribution in [3.05, 3.63) is 144 Å². The molecule has 10 N–H and O–H groups in total. The van der Waals surface area contributed by atoms with Crippen LogP contribution in [-0.2, 0) is 59.3 Å². The number of benzene rings is 4. The van der Waals surface area contributed by atoms with E-state index in [1.807, 2.05) is 0 Å². The lowest BCUT2D eigenvalue weighted by molar-refractivity contribution is -0.139. The van der Waals surface area contributed by atoms with Crippen LogP contribution in [0, 0.1) is 0 Å². The minimum Gasteiger partial charge on any atom is -0.480 e. The van der Waals surface area contributed by atoms with Crippen molar-refractivity contribution in [3.8, 4) is 44.5 Å². The maximum Gasteiger partial charge on any atom is 0.321 e. The first-order chi connectivity index (χ1) is 45.7. The van der Waals surface area contributed by atoms with Crippen LogP contribution in [0.3, 0.4) is 0 Å². The lowest BCUT2D eigenvalue weighted by atomic mass is 10.0. The van der Waals surface area contributed by atoms with Crippen LogP contribution in [0.2, 0.25) is 0 Å². The summed E-state index contributed by atoms with van der Waals surface area (Å²) in [4.78, 5) is 65.3. The van der Waals surface area contributed by atoms with Gasteiger partial charge in [-0.2, -0.15) is 65.9 Å². The lowest BCUT2D eigenvalue weighted by Gasteiger charge is -2.15. The molecule has 0 saturated heterocycles. The van der Waals surface area contributed by atoms with Crippen molar-refractivity contribution in [1.82, 2.24) is 38.8 Å². The number of aromatic nitrogens is 4. The summed E-state index contributed by atoms with van der Waals surface area (Å²) in [5.41, 5.74) is 6.31. The van der Waals surface area contributed by atoms with Gasteiger partial charge in [0.05, 0.1) is 42.4 Å². The third-order valence-corrected chi connectivity index (χ3v) is 23.9. The van der Waals surface area contributed by atoms with E-state index >= 15 is 0 Å². The number of nitrogens with zero attached hydrogens (tertiary/aromatic N) is 2. The van der Waals surface area contributed by atoms with Gasteiger partial charge in [0.15, 0.2) is 0 Å². The Kier molecular flexibility index (Phi) is 23.7. The molecule has 0 unspecified atom stereocenters. The first-order valence-electron chi connectivity index (χ1n) is 29.2. The number of fused-ring (bicyclic) bond motifs is 8. The van der Waals surface area contributed by atoms with Crippen molar-refractivity contribution >= 4 is 157 Å². The second-order valence-corrected chi connectivity index (χ2v) is 32.6. The largest absolute Gasteiger partial charge is 0.480 e. The number of aliphatic carboxylic acids is 4. The molecule has 4 atom stereocenters. The summed E-state index contributed by atoms with van der Waals surface area (Å²) < 4.78 is 120. The third-order valence-electron chi connectivity index (χ3n) is 15.4. The Morgan fingerprint density at radius 3 is 0.698 bits per heavy atom. The van der Waals surface area contributed by atoms with Gasteiger partial charge in [-0.25, -0.2) is 43.6 Å². The number of thioether (sulfide) groups is 4. The van der Waals surface area contributed by atoms with Crippen LogP contribution < -0.4 is 18.9 Å². The number of nitrogens with one attached hydrogen (secondary N) is 6. The van der Waals surface area contributed by atoms with Crippen molar-refractivity contribution in [2.75, 3.05) is 48.0 Å². The van der Waals surface area contributed by atoms with E-state index < -0.39 is 88.1 Å². The molecular weight excluding hydrogens is 1390 g/mol. The molecule has 0 saturated carbocycles. The number of sulfonamides is 4. The quantitative estimate of drug-likeness (QED) is 0.0188. The molecule has 24 nitrogen and oxygen atoms in total. The molecule has 0 spiro atoms. The number of H-pyrrole nitrogens is 2. The van der Waals surface area contributed by atoms with E-state index in [1.165, 1.54) is 144 Å². The molecular formula is C64H66N8O16S8. The predicted molar refractivity (Wildman–Crippen MR) is 380 cm³/mol. The molecule has 96 heavy (non-hydrogen) atoms. The van der Waals surface area contributed by atoms with Gasteiger partial charge in [0, 0.05) is 44.3 Å². The van der Waals surface area contributed by atoms with Crippen LogP contribution in [0.1, 0.15) is 48.5 Å². The normalized spacial score (nSPS) is 13.9. The molecule has 8 bridgehead atoms. The molecule has 9 rings (SSSR count). The number of carboxylic acids is 4. The van der Waals surface area contributed by atoms with Gasteiger partial charge in [0.1, 0.15) is 24.2 Å². The molecule has 7 aromatic rings. The van der Waals surface area contributed by atoms with E-state index in [1.54, 1.807) is 73.6 Å². The van der Waals surface area contributed by atoms with Crippen LogP contribution in [0.15, 0.2) is 141 Å². The second-order valence-electron chi connectivity index (χ2n) is 21.8. The minimum atomic E-state index is -4.40. The van der Waals surface area contributed by atoms with Gasteiger partial charge in [-0.1, -0.05) is 48.5 Å². The first-order valence-corrected chi connectivity index (χ1v) is 40.7. The van der Waals surface area contributed by atoms with Gasteiger partial charge in [0.25, 0.3) is 0 Å². The summed E-state index contributed by atoms with van der Waals surface area (Å²) in [7, 11) is -17.6. The molecule has 0 fully saturated rings. The molecule has 4 aromatic carbocycles. The van der Waals surface area contributed by atoms with Gasteiger partial charge in [-0.3, -0.25) is 19.2 Å². The summed E-state index contributed by atoms with van der Waals surface area (Å²) in [5.74, 6) is -3.92. The Morgan fingerprint density at radius 1 is 0.344 bits per heavy atom. The summed E-state index contributed by atoms with van der Waals surface area (Å²) in [5, 5.41) is 39.7. The summed E-state index contributed by atoms with van der Waals surface area (Å²) in [6.45, 7) is 0. The molecule has 0 aliphatic carbocycles. The highest BCUT2D eigenvalue weighted by Gasteiger charge is 2.31. The van der Waals surface area contributed by atoms with Crippen molar-refractivity contribution in [2.24, 2.45) is 0 Å². The van der Waals surface area contributed by atoms with Crippen LogP contribution in [0.4, 0.5) is 0 Å². The Labute approximate surface area is 571 Å². The molecule has 2 aliphatic heterocycles. The van der Waals surface area contributed by atoms with Crippen molar-refractivity contribution in [2.45, 2.75) is 69.4 Å². The van der Waals surface area contributed by atoms with Crippen molar-refractivity contribution in [1.29, 1.82) is 0 Å². The van der Waals surface area contributed by atoms with Crippen molar-refractivity contribution < 1.29 is 73.3 Å². The molecule has 5 heterocycles. The minimum absolute atomic E-state index is 0.0190. The zero-order chi connectivity index (χ0) is 69.3. The highest BCUT2D eigenvalue weighted by atomic mass is 32.2. The smallest absolute Gasteiger partial charge is 0.321 e. The SMILES string of the molecule is CSCC[C@H](NS(=O)(=O)c1ccc(-c2c3nc(c(-c4ccc(S(=O)(=O)N[C@@H](CCSC)C(=O)O)cc4)c4ccc([nH]4)c(-c4ccc(S(=O)(=O)N[C@@H](CCSC)C(=O)O)cc4)c4nc(c(-c5ccc(S(=O)(=O)N[C@@H](CCSC)C(=O)O)cc5)c5ccc2[nH]5)C=C4)C=C3)cc1)C(=O)O. The Bertz CT molecular complexity index is 4220. The summed E-state index contributed by atoms with van der Waals surface area (Å²) in [6, 6.07) is 24.2. The fourth-order valence-corrected chi connectivity index (χ4v) is 17.3. The Morgan fingerprint density at radius 2 is 0.531 bits per heavy atom. The second kappa shape index (κ2) is 31.3. The van der Waals surface area contributed by atoms with Gasteiger partial charge in [-0.15, -0.1) is 0 Å². The Balaban J connectivity index is 1.32. The van der Waals surface area contributed by atoms with Crippen LogP contribution in [-0.4, -0.2) is 170 Å². The van der Waals surface area contributed by atoms with E-state index in [0.717, 1.165) is 0 Å². The number of carbonyl (C=O) groups is 4. The van der Waals surface area contributed by atoms with E-state index in [0.29, 0.717) is 112 Å². The summed E-state index contributed by atoms with van der Waals surface area (Å²) in [6.07, 6.45) is 14.0. The molecule has 506 valence electrons. The van der Waals surface area contributed by atoms with Crippen LogP contribution >= 0.6 is 47.0 Å². The summed E-state index contributed by atoms with van der Waals surface area (Å²) >= 11 is 5.44. The topological polar surface area (TPSA) is 391 Å². The zero-order valence-corrected chi connectivity index (χ0v) is 58.2. The molecule has 3 aromatic heterocycles. The monoisotopic (exact) mass is 1460 g/mol. The van der Waals surface area contributed by atoms with E-state index in [2.05, 4.69) is 28.9 Å². The van der Waals surface area contributed by atoms with Crippen LogP contribution in [0.25, 0.3) is 90.9 Å². The fraction of sp³-hybridized carbons (Fsp3) is 0.250. The fourth-order valence-electron chi connectivity index (χ4n) is 10.5. The molecule has 0 radical (unpaired) electrons. The highest BCUT2D eigenvalue weighted by Crippen LogP contribution is 2.40. The van der Waals surface area contributed by atoms with Gasteiger partial charge in [0.2, 0.25) is 40.1 Å². The van der Waals surface area contributed by atoms with Gasteiger partial charge >= 0.3 is 23.9 Å². The van der Waals surface area contributed by atoms with Gasteiger partial charge < -0.3 is 30.4 Å². The standard InChI is InChI=1S/C64H66N8O16S8/c1-89-33-29-53(61(73)74)69-93(81,82)41-13-5-37(6-14-41)57-45-21-23-47(65-45)58(38-7-15-42(16-8-38)94(83,84)70-54(62(75)76)30-34-90-2)49-25-27-51(67-49)60(40-11-19-44(20-12-40)96(87,88)72-56(64(79)80)32-36-92-4)52-28-26-50(68-52)59(48-24-22-46(57)66-48)39-9-17-43(18-10-39)95(85,86)71-55(63(77)78)31-35-91-3/h5-28,53-56,65,68-72H,29-36H2,1-4H3,(H,73,74)(H,75,76)(H,77,78)(H,79,80)/t53-,54-,55-,56-/m0/s1. The van der Waals surface area contributed by atoms with E-state index in [4.69, 9.17) is 9.97 Å². The van der Waals surface area contributed by atoms with Gasteiger partial charge in [-0.05, 0) is 193 Å². The third kappa shape index (κ3) is 17.0. The average molecular weight is 1460 g/mol. The number of rotatable bonds is 32. The van der Waals surface area contributed by atoms with Crippen LogP contribution in [0.5, 0.6) is 0 Å². The first kappa shape index (κ1) is 72.7. The average Bonchev–Trinajstić information content (AvgIpc) is 1.56. The lowest BCUT2D eigenvalue weighted by Crippen LogP contribution is -2.41. The number of hydrogen-bond donors (Lipinski definition) is 10. The van der Waals surface area contributed by atoms with Crippen molar-refractivity contribution in [3.63, 3.8) is 0 Å². The zero-order valence-electron chi connectivity index (χ0n) is 51.7. The molecule has 32 heteroatoms. The van der Waals surface area contributed by atoms with E-state index in [9.17, 15) is 73.3 Å². The van der Waals surface area contributed by atoms with E-state index in [-0.39, 0.29) is 45.3 Å². The maximum atomic E-state index is 13.8. The number of hydrogen-bond acceptors (Lipinski definition) is 18. The molecule has 2 aliphatic rings. The maximum absolute atomic E-state index is 13.8. The molecule has 0 amide bonds. The Hall–Kier alpha value is -7.60. The number of carboxylic acid groups (broad SMARTS) is 4. The number of aromatic amines is 2. The predicted octanol–water partition coefficient (Wildman–Crippen LogP) is 9.26.